The highest BCUT2D eigenvalue weighted by Gasteiger charge is 2.34. The second kappa shape index (κ2) is 44.7. The average molecular weight is 1770 g/mol. The molecule has 132 heavy (non-hydrogen) atoms. The minimum atomic E-state index is -1.15. The van der Waals surface area contributed by atoms with Crippen LogP contribution in [0.5, 0.6) is 0 Å². The van der Waals surface area contributed by atoms with Crippen LogP contribution in [0.25, 0.3) is 55.6 Å². The normalized spacial score (nSPS) is 12.3. The summed E-state index contributed by atoms with van der Waals surface area (Å²) in [4.78, 5) is 131. The largest absolute Gasteiger partial charge is 0.478 e. The van der Waals surface area contributed by atoms with Crippen molar-refractivity contribution in [1.82, 2.24) is 25.0 Å². The molecule has 0 spiro atoms. The lowest BCUT2D eigenvalue weighted by Crippen LogP contribution is -2.53. The summed E-state index contributed by atoms with van der Waals surface area (Å²) in [6, 6.07) is 64.4. The maximum atomic E-state index is 13.0. The quantitative estimate of drug-likeness (QED) is 0.0305. The number of carboxylic acid groups (broad SMARTS) is 2. The monoisotopic (exact) mass is 1770 g/mol. The van der Waals surface area contributed by atoms with Crippen molar-refractivity contribution in [2.45, 2.75) is 87.2 Å². The Bertz CT molecular complexity index is 6570. The van der Waals surface area contributed by atoms with Crippen molar-refractivity contribution in [1.29, 1.82) is 26.3 Å². The number of aryl methyl sites for hydroxylation is 6. The highest BCUT2D eigenvalue weighted by Crippen LogP contribution is 2.35. The molecule has 4 heterocycles. The van der Waals surface area contributed by atoms with E-state index >= 15 is 0 Å². The lowest BCUT2D eigenvalue weighted by atomic mass is 9.94. The van der Waals surface area contributed by atoms with Gasteiger partial charge in [-0.25, -0.2) is 28.8 Å². The van der Waals surface area contributed by atoms with Crippen LogP contribution in [-0.4, -0.2) is 189 Å². The van der Waals surface area contributed by atoms with Gasteiger partial charge >= 0.3 is 35.8 Å². The summed E-state index contributed by atoms with van der Waals surface area (Å²) in [5, 5.41) is 96.9. The molecule has 0 aliphatic carbocycles. The number of ether oxygens (including phenoxy) is 4. The number of amides is 4. The first-order valence-corrected chi connectivity index (χ1v) is 41.6. The van der Waals surface area contributed by atoms with Gasteiger partial charge in [0.15, 0.2) is 0 Å². The van der Waals surface area contributed by atoms with Crippen LogP contribution in [0, 0.1) is 98.2 Å². The van der Waals surface area contributed by atoms with Crippen molar-refractivity contribution in [2.24, 2.45) is 0 Å². The molecule has 11 aromatic rings. The SMILES string of the molecule is CCOC(=O)c1cc(C(=O)N2CC(O)C2)cc(-c2ccc(C)cc2C#N)c1.CCOC(=O)c1cc(C(=O)O)cc(-c2ccc(C)cc2C#N)c1.CCOC(=O)c1cc(C(=O)OC)cc(-c2ccc(C)cc2C#N)c1.Cc1ccc(-c2cc(C(=O)NCc3ccc(C)nc3)cc(C(=O)N3CC(O)C3)c2)c(C#N)c1.Cc1ccc(-c2cc(C(=O)O)cc(C(=O)N3CC(O)C3)c2)c(C#N)c1. The van der Waals surface area contributed by atoms with Gasteiger partial charge in [-0.3, -0.25) is 24.2 Å². The van der Waals surface area contributed by atoms with Crippen LogP contribution in [0.1, 0.15) is 191 Å². The number of nitrogens with one attached hydrogen (secondary N) is 1. The summed E-state index contributed by atoms with van der Waals surface area (Å²) in [6.07, 6.45) is 0.143. The van der Waals surface area contributed by atoms with E-state index in [0.29, 0.717) is 107 Å². The molecule has 3 aliphatic rings. The first-order valence-electron chi connectivity index (χ1n) is 41.6. The van der Waals surface area contributed by atoms with Crippen LogP contribution in [-0.2, 0) is 25.5 Å². The Morgan fingerprint density at radius 3 is 0.856 bits per heavy atom. The Balaban J connectivity index is 0.000000172. The molecule has 3 saturated heterocycles. The van der Waals surface area contributed by atoms with Crippen LogP contribution in [0.4, 0.5) is 0 Å². The first-order chi connectivity index (χ1) is 63.1. The van der Waals surface area contributed by atoms with Gasteiger partial charge < -0.3 is 64.5 Å². The fourth-order valence-electron chi connectivity index (χ4n) is 14.2. The number of carbonyl (C=O) groups excluding carboxylic acids is 8. The number of carbonyl (C=O) groups is 10. The molecule has 29 heteroatoms. The van der Waals surface area contributed by atoms with Crippen molar-refractivity contribution in [3.63, 3.8) is 0 Å². The van der Waals surface area contributed by atoms with Crippen molar-refractivity contribution in [3.05, 3.63) is 323 Å². The average Bonchev–Trinajstić information content (AvgIpc) is 0.794. The van der Waals surface area contributed by atoms with Crippen LogP contribution in [0.3, 0.4) is 0 Å². The predicted octanol–water partition coefficient (Wildman–Crippen LogP) is 14.5. The molecule has 29 nitrogen and oxygen atoms in total. The van der Waals surface area contributed by atoms with E-state index in [0.717, 1.165) is 39.1 Å². The number of methoxy groups -OCH3 is 1. The predicted molar refractivity (Wildman–Crippen MR) is 486 cm³/mol. The zero-order valence-corrected chi connectivity index (χ0v) is 73.8. The summed E-state index contributed by atoms with van der Waals surface area (Å²) < 4.78 is 19.8. The van der Waals surface area contributed by atoms with Gasteiger partial charge in [-0.05, 0) is 279 Å². The fraction of sp³-hybridized carbons (Fsp3) is 0.223. The Labute approximate surface area is 761 Å². The minimum Gasteiger partial charge on any atom is -0.478 e. The maximum absolute atomic E-state index is 13.0. The van der Waals surface area contributed by atoms with Crippen LogP contribution < -0.4 is 5.32 Å². The topological polar surface area (TPSA) is 462 Å². The molecule has 14 rings (SSSR count). The van der Waals surface area contributed by atoms with Gasteiger partial charge in [0.05, 0.1) is 137 Å². The van der Waals surface area contributed by atoms with E-state index in [9.17, 15) is 99.8 Å². The van der Waals surface area contributed by atoms with E-state index in [1.54, 1.807) is 130 Å². The summed E-state index contributed by atoms with van der Waals surface area (Å²) in [5.41, 5.74) is 16.6. The fourth-order valence-corrected chi connectivity index (χ4v) is 14.2. The number of hydrogen-bond acceptors (Lipinski definition) is 23. The number of nitriles is 5. The standard InChI is InChI=1S/C26H24N4O3.C21H20N2O4.C19H16N2O4.C19H17NO4.C18H15NO4/c1-16-3-6-24(22(7-16)11-27)19-8-20(10-21(9-19)26(33)30-14-23(31)15-30)25(32)29-13-18-5-4-17(2)28-12-18;1-3-27-21(26)16-8-14(19-5-4-13(2)6-17(19)10-22)7-15(9-16)20(25)23-11-18(24)12-23;1-11-2-3-17(15(4-11)8-20)12-5-13(7-14(6-12)19(24)25)18(23)21-9-16(22)10-21;1-4-24-19(22)15-9-13(8-14(10-15)18(21)23-3)17-6-5-12(2)7-16(17)11-20;1-3-23-18(22)14-8-12(7-13(9-14)17(20)21)16-5-4-11(2)6-15(16)10-19/h3-10,12,23,31H,13-15H2,1-2H3,(H,29,32);4-9,18,24H,3,11-12H2,1-2H3;2-7,16,22H,9-10H2,1H3,(H,24,25);5-10H,4H2,1-3H3;4-9H,3H2,1-2H3,(H,20,21). The van der Waals surface area contributed by atoms with Gasteiger partial charge in [0.1, 0.15) is 0 Å². The number of pyridine rings is 1. The molecule has 1 aromatic heterocycles. The molecule has 0 saturated carbocycles. The molecular weight excluding hydrogens is 1680 g/mol. The number of aromatic carboxylic acids is 2. The number of rotatable bonds is 20. The Morgan fingerprint density at radius 1 is 0.348 bits per heavy atom. The molecular formula is C103H92N10O19. The summed E-state index contributed by atoms with van der Waals surface area (Å²) >= 11 is 0. The molecule has 0 unspecified atom stereocenters. The Kier molecular flexibility index (Phi) is 33.0. The molecule has 668 valence electrons. The van der Waals surface area contributed by atoms with Gasteiger partial charge in [-0.15, -0.1) is 0 Å². The molecule has 4 amide bonds. The Morgan fingerprint density at radius 2 is 0.598 bits per heavy atom. The van der Waals surface area contributed by atoms with Gasteiger partial charge in [0.25, 0.3) is 23.6 Å². The van der Waals surface area contributed by atoms with E-state index in [4.69, 9.17) is 18.9 Å². The minimum absolute atomic E-state index is 0.0219. The first kappa shape index (κ1) is 97.6. The number of nitrogens with zero attached hydrogens (tertiary/aromatic N) is 9. The highest BCUT2D eigenvalue weighted by atomic mass is 16.5. The molecule has 3 aliphatic heterocycles. The zero-order valence-electron chi connectivity index (χ0n) is 73.8. The van der Waals surface area contributed by atoms with E-state index < -0.39 is 54.1 Å². The Hall–Kier alpha value is -16.6. The van der Waals surface area contributed by atoms with Crippen molar-refractivity contribution >= 4 is 59.4 Å². The number of carboxylic acids is 2. The van der Waals surface area contributed by atoms with Crippen LogP contribution in [0.15, 0.2) is 200 Å². The highest BCUT2D eigenvalue weighted by molar-refractivity contribution is 6.05. The number of aliphatic hydroxyl groups excluding tert-OH is 3. The van der Waals surface area contributed by atoms with Crippen molar-refractivity contribution < 1.29 is 92.4 Å². The molecule has 0 bridgehead atoms. The third-order valence-corrected chi connectivity index (χ3v) is 21.0. The summed E-state index contributed by atoms with van der Waals surface area (Å²) in [7, 11) is 1.27. The zero-order chi connectivity index (χ0) is 95.9. The number of aliphatic hydroxyl groups is 3. The van der Waals surface area contributed by atoms with Gasteiger partial charge in [0.2, 0.25) is 0 Å². The maximum Gasteiger partial charge on any atom is 0.338 e. The van der Waals surface area contributed by atoms with Crippen molar-refractivity contribution in [3.8, 4) is 86.0 Å². The van der Waals surface area contributed by atoms with Gasteiger partial charge in [0, 0.05) is 80.0 Å². The second-order valence-electron chi connectivity index (χ2n) is 31.1. The van der Waals surface area contributed by atoms with Crippen molar-refractivity contribution in [2.75, 3.05) is 66.2 Å². The summed E-state index contributed by atoms with van der Waals surface area (Å²) in [6.45, 7) is 18.9. The molecule has 6 N–H and O–H groups in total. The van der Waals surface area contributed by atoms with Gasteiger partial charge in [-0.1, -0.05) is 66.7 Å². The summed E-state index contributed by atoms with van der Waals surface area (Å²) in [5.74, 6) is -5.70. The second-order valence-corrected chi connectivity index (χ2v) is 31.1. The molecule has 0 atom stereocenters. The lowest BCUT2D eigenvalue weighted by molar-refractivity contribution is 0.00586. The number of esters is 4. The third kappa shape index (κ3) is 24.8. The number of aromatic nitrogens is 1. The van der Waals surface area contributed by atoms with Gasteiger partial charge in [-0.2, -0.15) is 26.3 Å². The van der Waals surface area contributed by atoms with E-state index in [1.165, 1.54) is 64.3 Å². The van der Waals surface area contributed by atoms with E-state index in [-0.39, 0.29) is 122 Å². The molecule has 3 fully saturated rings. The number of likely N-dealkylation sites (tertiary alicyclic amines) is 3. The van der Waals surface area contributed by atoms with E-state index in [1.807, 2.05) is 90.1 Å². The smallest absolute Gasteiger partial charge is 0.338 e. The molecule has 0 radical (unpaired) electrons. The third-order valence-electron chi connectivity index (χ3n) is 21.0. The molecule has 10 aromatic carbocycles. The number of benzene rings is 10. The van der Waals surface area contributed by atoms with Crippen LogP contribution in [0.2, 0.25) is 0 Å². The van der Waals surface area contributed by atoms with E-state index in [2.05, 4.69) is 40.6 Å². The lowest BCUT2D eigenvalue weighted by Gasteiger charge is -2.36. The van der Waals surface area contributed by atoms with Crippen LogP contribution >= 0.6 is 0 Å². The number of hydrogen-bond donors (Lipinski definition) is 6. The number of β-amino-alcohol motifs (C(OH)–C–C–N with tert-alkyl or cyclic N) is 3.